The zero-order valence-corrected chi connectivity index (χ0v) is 11.9. The van der Waals surface area contributed by atoms with E-state index in [-0.39, 0.29) is 17.1 Å². The van der Waals surface area contributed by atoms with Crippen molar-refractivity contribution in [3.63, 3.8) is 0 Å². The van der Waals surface area contributed by atoms with Crippen molar-refractivity contribution < 1.29 is 13.6 Å². The number of hydrogen-bond acceptors (Lipinski definition) is 2. The minimum atomic E-state index is -0.566. The molecule has 4 nitrogen and oxygen atoms in total. The molecule has 0 bridgehead atoms. The van der Waals surface area contributed by atoms with E-state index in [0.717, 1.165) is 30.6 Å². The van der Waals surface area contributed by atoms with Crippen molar-refractivity contribution in [2.24, 2.45) is 0 Å². The molecule has 2 aromatic rings. The molecule has 0 radical (unpaired) electrons. The largest absolute Gasteiger partial charge is 0.469 e. The fraction of sp³-hybridized carbons (Fsp3) is 0.267. The number of anilines is 1. The Morgan fingerprint density at radius 1 is 1.38 bits per heavy atom. The van der Waals surface area contributed by atoms with E-state index < -0.39 is 5.82 Å². The van der Waals surface area contributed by atoms with Gasteiger partial charge >= 0.3 is 6.03 Å². The average molecular weight is 309 g/mol. The minimum Gasteiger partial charge on any atom is -0.469 e. The molecule has 1 heterocycles. The lowest BCUT2D eigenvalue weighted by molar-refractivity contribution is 0.246. The topological polar surface area (TPSA) is 54.3 Å². The maximum absolute atomic E-state index is 13.3. The lowest BCUT2D eigenvalue weighted by atomic mass is 9.93. The van der Waals surface area contributed by atoms with Gasteiger partial charge in [-0.1, -0.05) is 11.6 Å². The van der Waals surface area contributed by atoms with Crippen LogP contribution in [0, 0.1) is 5.82 Å². The van der Waals surface area contributed by atoms with E-state index in [4.69, 9.17) is 16.0 Å². The predicted molar refractivity (Wildman–Crippen MR) is 78.0 cm³/mol. The number of halogens is 2. The highest BCUT2D eigenvalue weighted by Crippen LogP contribution is 2.30. The number of furan rings is 1. The highest BCUT2D eigenvalue weighted by atomic mass is 35.5. The number of rotatable bonds is 2. The molecule has 1 aliphatic rings. The van der Waals surface area contributed by atoms with Crippen molar-refractivity contribution in [2.75, 3.05) is 5.32 Å². The van der Waals surface area contributed by atoms with Gasteiger partial charge in [-0.3, -0.25) is 0 Å². The van der Waals surface area contributed by atoms with Crippen LogP contribution in [-0.4, -0.2) is 6.03 Å². The second kappa shape index (κ2) is 5.77. The molecule has 0 saturated heterocycles. The summed E-state index contributed by atoms with van der Waals surface area (Å²) in [5.74, 6) is 0.355. The highest BCUT2D eigenvalue weighted by Gasteiger charge is 2.24. The number of hydrogen-bond donors (Lipinski definition) is 2. The van der Waals surface area contributed by atoms with Crippen molar-refractivity contribution in [1.29, 1.82) is 0 Å². The number of amides is 2. The van der Waals surface area contributed by atoms with Crippen LogP contribution in [-0.2, 0) is 6.42 Å². The quantitative estimate of drug-likeness (QED) is 0.870. The summed E-state index contributed by atoms with van der Waals surface area (Å²) in [7, 11) is 0. The van der Waals surface area contributed by atoms with Crippen LogP contribution in [0.15, 0.2) is 34.9 Å². The van der Waals surface area contributed by atoms with Crippen LogP contribution >= 0.6 is 11.6 Å². The number of carbonyl (C=O) groups is 1. The summed E-state index contributed by atoms with van der Waals surface area (Å²) in [6, 6.07) is 5.56. The van der Waals surface area contributed by atoms with Gasteiger partial charge in [0.1, 0.15) is 11.6 Å². The third-order valence-electron chi connectivity index (χ3n) is 3.53. The van der Waals surface area contributed by atoms with Crippen molar-refractivity contribution in [2.45, 2.75) is 25.3 Å². The summed E-state index contributed by atoms with van der Waals surface area (Å²) in [4.78, 5) is 12.0. The number of nitrogens with one attached hydrogen (secondary N) is 2. The molecule has 1 unspecified atom stereocenters. The summed E-state index contributed by atoms with van der Waals surface area (Å²) < 4.78 is 18.7. The second-order valence-electron chi connectivity index (χ2n) is 4.97. The fourth-order valence-corrected chi connectivity index (χ4v) is 2.65. The first-order chi connectivity index (χ1) is 10.1. The Hall–Kier alpha value is -2.01. The number of benzene rings is 1. The Labute approximate surface area is 126 Å². The van der Waals surface area contributed by atoms with Gasteiger partial charge in [0.15, 0.2) is 0 Å². The molecule has 1 aromatic carbocycles. The van der Waals surface area contributed by atoms with E-state index in [1.165, 1.54) is 12.1 Å². The number of fused-ring (bicyclic) bond motifs is 1. The zero-order chi connectivity index (χ0) is 14.8. The Bertz CT molecular complexity index is 671. The Kier molecular flexibility index (Phi) is 3.84. The zero-order valence-electron chi connectivity index (χ0n) is 11.2. The summed E-state index contributed by atoms with van der Waals surface area (Å²) >= 11 is 5.60. The summed E-state index contributed by atoms with van der Waals surface area (Å²) in [5.41, 5.74) is 1.37. The van der Waals surface area contributed by atoms with Gasteiger partial charge in [0, 0.05) is 17.7 Å². The summed E-state index contributed by atoms with van der Waals surface area (Å²) in [5, 5.41) is 5.50. The van der Waals surface area contributed by atoms with E-state index in [1.54, 1.807) is 12.3 Å². The molecule has 2 N–H and O–H groups in total. The molecule has 0 saturated carbocycles. The minimum absolute atomic E-state index is 0.0243. The van der Waals surface area contributed by atoms with Gasteiger partial charge < -0.3 is 15.1 Å². The molecule has 1 aliphatic carbocycles. The Balaban J connectivity index is 1.66. The van der Waals surface area contributed by atoms with Crippen LogP contribution in [0.4, 0.5) is 14.9 Å². The van der Waals surface area contributed by atoms with Crippen molar-refractivity contribution >= 4 is 23.3 Å². The van der Waals surface area contributed by atoms with Crippen LogP contribution in [0.25, 0.3) is 0 Å². The number of urea groups is 1. The normalized spacial score (nSPS) is 17.1. The van der Waals surface area contributed by atoms with Crippen LogP contribution in [0.3, 0.4) is 0 Å². The number of aryl methyl sites for hydroxylation is 1. The van der Waals surface area contributed by atoms with E-state index in [0.29, 0.717) is 5.69 Å². The Morgan fingerprint density at radius 3 is 3.05 bits per heavy atom. The monoisotopic (exact) mass is 308 g/mol. The third kappa shape index (κ3) is 3.03. The van der Waals surface area contributed by atoms with Crippen LogP contribution in [0.2, 0.25) is 5.02 Å². The molecule has 2 amide bonds. The van der Waals surface area contributed by atoms with Crippen molar-refractivity contribution in [1.82, 2.24) is 5.32 Å². The first-order valence-corrected chi connectivity index (χ1v) is 7.10. The lowest BCUT2D eigenvalue weighted by Crippen LogP contribution is -2.34. The number of carbonyl (C=O) groups excluding carboxylic acids is 1. The second-order valence-corrected chi connectivity index (χ2v) is 5.38. The Morgan fingerprint density at radius 2 is 2.24 bits per heavy atom. The molecule has 1 atom stereocenters. The molecule has 110 valence electrons. The van der Waals surface area contributed by atoms with Gasteiger partial charge in [-0.15, -0.1) is 0 Å². The smallest absolute Gasteiger partial charge is 0.319 e. The predicted octanol–water partition coefficient (Wildman–Crippen LogP) is 4.27. The molecular weight excluding hydrogens is 295 g/mol. The highest BCUT2D eigenvalue weighted by molar-refractivity contribution is 6.30. The van der Waals surface area contributed by atoms with Crippen LogP contribution in [0.1, 0.15) is 30.2 Å². The van der Waals surface area contributed by atoms with Gasteiger partial charge in [0.25, 0.3) is 0 Å². The first kappa shape index (κ1) is 13.9. The van der Waals surface area contributed by atoms with Crippen molar-refractivity contribution in [3.05, 3.63) is 52.7 Å². The van der Waals surface area contributed by atoms with E-state index in [2.05, 4.69) is 10.6 Å². The molecule has 0 fully saturated rings. The molecule has 3 rings (SSSR count). The maximum Gasteiger partial charge on any atom is 0.319 e. The van der Waals surface area contributed by atoms with Gasteiger partial charge in [-0.2, -0.15) is 0 Å². The van der Waals surface area contributed by atoms with Crippen molar-refractivity contribution in [3.8, 4) is 0 Å². The van der Waals surface area contributed by atoms with Crippen LogP contribution in [0.5, 0.6) is 0 Å². The molecule has 1 aromatic heterocycles. The summed E-state index contributed by atoms with van der Waals surface area (Å²) in [6.07, 6.45) is 4.34. The fourth-order valence-electron chi connectivity index (χ4n) is 2.54. The molecule has 0 aliphatic heterocycles. The van der Waals surface area contributed by atoms with Gasteiger partial charge in [0.05, 0.1) is 17.3 Å². The van der Waals surface area contributed by atoms with Gasteiger partial charge in [0.2, 0.25) is 0 Å². The van der Waals surface area contributed by atoms with E-state index in [9.17, 15) is 9.18 Å². The van der Waals surface area contributed by atoms with E-state index >= 15 is 0 Å². The van der Waals surface area contributed by atoms with Gasteiger partial charge in [-0.25, -0.2) is 9.18 Å². The molecule has 0 spiro atoms. The van der Waals surface area contributed by atoms with Gasteiger partial charge in [-0.05, 0) is 37.1 Å². The maximum atomic E-state index is 13.3. The molecule has 6 heteroatoms. The summed E-state index contributed by atoms with van der Waals surface area (Å²) in [6.45, 7) is 0. The molecule has 21 heavy (non-hydrogen) atoms. The standard InChI is InChI=1S/C15H14ClFN2O2/c16-11-5-4-9(8-12(11)17)18-15(20)19-13-2-1-3-14-10(13)6-7-21-14/h4-8,13H,1-3H2,(H2,18,19,20). The first-order valence-electron chi connectivity index (χ1n) is 6.72. The molecular formula is C15H14ClFN2O2. The van der Waals surface area contributed by atoms with E-state index in [1.807, 2.05) is 6.07 Å². The average Bonchev–Trinajstić information content (AvgIpc) is 2.92. The lowest BCUT2D eigenvalue weighted by Gasteiger charge is -2.22. The van der Waals surface area contributed by atoms with Crippen LogP contribution < -0.4 is 10.6 Å². The SMILES string of the molecule is O=C(Nc1ccc(Cl)c(F)c1)NC1CCCc2occc21. The third-order valence-corrected chi connectivity index (χ3v) is 3.84.